The van der Waals surface area contributed by atoms with Crippen LogP contribution < -0.4 is 16.0 Å². The van der Waals surface area contributed by atoms with Crippen LogP contribution in [-0.2, 0) is 25.1 Å². The molecule has 0 spiro atoms. The van der Waals surface area contributed by atoms with Crippen molar-refractivity contribution in [3.63, 3.8) is 0 Å². The summed E-state index contributed by atoms with van der Waals surface area (Å²) in [4.78, 5) is 39.2. The van der Waals surface area contributed by atoms with Gasteiger partial charge in [-0.05, 0) is 30.2 Å². The number of aromatic nitrogens is 2. The normalized spacial score (nSPS) is 18.9. The second-order valence-electron chi connectivity index (χ2n) is 9.35. The van der Waals surface area contributed by atoms with Crippen LogP contribution in [-0.4, -0.2) is 61.5 Å². The molecule has 1 saturated heterocycles. The maximum atomic E-state index is 13.9. The van der Waals surface area contributed by atoms with Crippen LogP contribution in [0.15, 0.2) is 40.1 Å². The molecule has 0 unspecified atom stereocenters. The predicted molar refractivity (Wildman–Crippen MR) is 136 cm³/mol. The van der Waals surface area contributed by atoms with Crippen LogP contribution >= 0.6 is 0 Å². The van der Waals surface area contributed by atoms with E-state index in [0.717, 1.165) is 0 Å². The zero-order valence-corrected chi connectivity index (χ0v) is 22.5. The Morgan fingerprint density at radius 2 is 1.85 bits per heavy atom. The minimum atomic E-state index is -5.16. The van der Waals surface area contributed by atoms with Gasteiger partial charge in [0, 0.05) is 31.7 Å². The van der Waals surface area contributed by atoms with Gasteiger partial charge >= 0.3 is 11.9 Å². The van der Waals surface area contributed by atoms with E-state index in [9.17, 15) is 27.6 Å². The van der Waals surface area contributed by atoms with Crippen LogP contribution in [0.2, 0.25) is 0 Å². The maximum Gasteiger partial charge on any atom is 0.423 e. The van der Waals surface area contributed by atoms with Crippen molar-refractivity contribution in [3.8, 4) is 17.6 Å². The summed E-state index contributed by atoms with van der Waals surface area (Å²) in [7, 11) is 2.80. The molecule has 0 N–H and O–H groups in total. The smallest absolute Gasteiger partial charge is 0.423 e. The number of benzene rings is 1. The molecule has 0 amide bonds. The number of hydrogen-bond donors (Lipinski definition) is 0. The van der Waals surface area contributed by atoms with Crippen molar-refractivity contribution in [2.24, 2.45) is 5.92 Å². The zero-order chi connectivity index (χ0) is 29.4. The summed E-state index contributed by atoms with van der Waals surface area (Å²) in [5.74, 6) is 5.35. The first-order valence-electron chi connectivity index (χ1n) is 12.4. The first kappa shape index (κ1) is 31.1. The Bertz CT molecular complexity index is 1340. The minimum Gasteiger partial charge on any atom is -0.497 e. The van der Waals surface area contributed by atoms with Gasteiger partial charge in [-0.25, -0.2) is 4.79 Å². The second-order valence-corrected chi connectivity index (χ2v) is 9.35. The summed E-state index contributed by atoms with van der Waals surface area (Å²) in [6.45, 7) is 3.91. The molecule has 0 aliphatic carbocycles. The van der Waals surface area contributed by atoms with Crippen LogP contribution in [0.4, 0.5) is 13.2 Å². The summed E-state index contributed by atoms with van der Waals surface area (Å²) in [5, 5.41) is 0. The Morgan fingerprint density at radius 1 is 1.15 bits per heavy atom. The van der Waals surface area contributed by atoms with Crippen LogP contribution in [0.5, 0.6) is 5.75 Å². The van der Waals surface area contributed by atoms with Gasteiger partial charge in [-0.3, -0.25) is 14.2 Å². The topological polar surface area (TPSA) is 107 Å². The fourth-order valence-corrected chi connectivity index (χ4v) is 3.94. The fraction of sp³-hybridized carbons (Fsp3) is 0.519. The van der Waals surface area contributed by atoms with Gasteiger partial charge in [-0.1, -0.05) is 19.8 Å². The number of methoxy groups -OCH3 is 2. The second kappa shape index (κ2) is 13.8. The average Bonchev–Trinajstić information content (AvgIpc) is 3.30. The van der Waals surface area contributed by atoms with Gasteiger partial charge in [-0.15, -0.1) is 5.92 Å². The SMILES string of the molecule is COCOC[C@H]1O[C@@H](n2cc(C(F)(F)F)c(=O)n(C(=O)c3ccc(OC)cc3)c2=O)C[C@@H]1OCC#CCC(C)C. The van der Waals surface area contributed by atoms with Crippen molar-refractivity contribution in [3.05, 3.63) is 62.4 Å². The lowest BCUT2D eigenvalue weighted by molar-refractivity contribution is -0.140. The van der Waals surface area contributed by atoms with Crippen molar-refractivity contribution in [2.45, 2.75) is 51.3 Å². The van der Waals surface area contributed by atoms with Gasteiger partial charge in [0.15, 0.2) is 0 Å². The first-order valence-corrected chi connectivity index (χ1v) is 12.4. The highest BCUT2D eigenvalue weighted by molar-refractivity contribution is 5.95. The van der Waals surface area contributed by atoms with E-state index in [0.29, 0.717) is 28.9 Å². The van der Waals surface area contributed by atoms with Gasteiger partial charge in [0.2, 0.25) is 0 Å². The number of carbonyl (C=O) groups excluding carboxylic acids is 1. The molecule has 2 heterocycles. The minimum absolute atomic E-state index is 0.0202. The molecule has 3 atom stereocenters. The van der Waals surface area contributed by atoms with E-state index >= 15 is 0 Å². The van der Waals surface area contributed by atoms with Crippen LogP contribution in [0.1, 0.15) is 48.8 Å². The Kier molecular flexibility index (Phi) is 10.7. The average molecular weight is 569 g/mol. The number of ether oxygens (including phenoxy) is 5. The van der Waals surface area contributed by atoms with E-state index in [2.05, 4.69) is 11.8 Å². The number of rotatable bonds is 10. The highest BCUT2D eigenvalue weighted by Crippen LogP contribution is 2.32. The van der Waals surface area contributed by atoms with Gasteiger partial charge in [0.05, 0.1) is 19.8 Å². The molecule has 218 valence electrons. The van der Waals surface area contributed by atoms with Gasteiger partial charge in [0.1, 0.15) is 37.0 Å². The highest BCUT2D eigenvalue weighted by atomic mass is 19.4. The number of carbonyl (C=O) groups is 1. The van der Waals surface area contributed by atoms with E-state index in [1.54, 1.807) is 0 Å². The van der Waals surface area contributed by atoms with Crippen LogP contribution in [0, 0.1) is 17.8 Å². The quantitative estimate of drug-likeness (QED) is 0.245. The van der Waals surface area contributed by atoms with E-state index in [4.69, 9.17) is 23.7 Å². The maximum absolute atomic E-state index is 13.9. The van der Waals surface area contributed by atoms with Gasteiger partial charge < -0.3 is 23.7 Å². The van der Waals surface area contributed by atoms with Crippen molar-refractivity contribution in [1.82, 2.24) is 9.13 Å². The third kappa shape index (κ3) is 7.60. The van der Waals surface area contributed by atoms with Crippen molar-refractivity contribution in [2.75, 3.05) is 34.2 Å². The lowest BCUT2D eigenvalue weighted by Gasteiger charge is -2.19. The molecule has 40 heavy (non-hydrogen) atoms. The Labute approximate surface area is 228 Å². The number of halogens is 3. The Morgan fingerprint density at radius 3 is 2.45 bits per heavy atom. The molecule has 1 aromatic carbocycles. The summed E-state index contributed by atoms with van der Waals surface area (Å²) < 4.78 is 69.1. The Hall–Kier alpha value is -3.44. The molecule has 1 aromatic heterocycles. The van der Waals surface area contributed by atoms with Crippen molar-refractivity contribution in [1.29, 1.82) is 0 Å². The number of nitrogens with zero attached hydrogens (tertiary/aromatic N) is 2. The third-order valence-corrected chi connectivity index (χ3v) is 5.94. The lowest BCUT2D eigenvalue weighted by Crippen LogP contribution is -2.47. The standard InChI is InChI=1S/C27H31F3N2O8/c1-17(2)7-5-6-12-39-21-13-23(40-22(21)15-38-16-36-3)31-14-20(27(28,29)30)25(34)32(26(31)35)24(33)18-8-10-19(37-4)11-9-18/h8-11,14,17,21-23H,7,12-13,15-16H2,1-4H3/t21-,22+,23+/m0/s1. The summed E-state index contributed by atoms with van der Waals surface area (Å²) in [6.07, 6.45) is -7.01. The molecule has 2 aromatic rings. The molecule has 1 aliphatic heterocycles. The van der Waals surface area contributed by atoms with Crippen molar-refractivity contribution < 1.29 is 41.7 Å². The highest BCUT2D eigenvalue weighted by Gasteiger charge is 2.41. The molecular weight excluding hydrogens is 537 g/mol. The monoisotopic (exact) mass is 568 g/mol. The molecule has 1 fully saturated rings. The van der Waals surface area contributed by atoms with E-state index in [1.165, 1.54) is 38.5 Å². The van der Waals surface area contributed by atoms with Crippen molar-refractivity contribution >= 4 is 5.91 Å². The van der Waals surface area contributed by atoms with E-state index < -0.39 is 47.3 Å². The predicted octanol–water partition coefficient (Wildman–Crippen LogP) is 3.07. The zero-order valence-electron chi connectivity index (χ0n) is 22.5. The van der Waals surface area contributed by atoms with Gasteiger partial charge in [-0.2, -0.15) is 17.7 Å². The summed E-state index contributed by atoms with van der Waals surface area (Å²) in [5.41, 5.74) is -4.97. The molecule has 0 saturated carbocycles. The Balaban J connectivity index is 1.99. The molecular formula is C27H31F3N2O8. The fourth-order valence-electron chi connectivity index (χ4n) is 3.94. The molecule has 10 nitrogen and oxygen atoms in total. The molecule has 0 radical (unpaired) electrons. The van der Waals surface area contributed by atoms with Crippen LogP contribution in [0.3, 0.4) is 0 Å². The molecule has 13 heteroatoms. The molecule has 0 bridgehead atoms. The van der Waals surface area contributed by atoms with Crippen LogP contribution in [0.25, 0.3) is 0 Å². The van der Waals surface area contributed by atoms with Gasteiger partial charge in [0.25, 0.3) is 11.5 Å². The van der Waals surface area contributed by atoms with E-state index in [1.807, 2.05) is 13.8 Å². The lowest BCUT2D eigenvalue weighted by atomic mass is 10.1. The van der Waals surface area contributed by atoms with E-state index in [-0.39, 0.29) is 36.6 Å². The largest absolute Gasteiger partial charge is 0.497 e. The number of alkyl halides is 3. The molecule has 1 aliphatic rings. The molecule has 3 rings (SSSR count). The summed E-state index contributed by atoms with van der Waals surface area (Å²) in [6, 6.07) is 5.22. The number of hydrogen-bond acceptors (Lipinski definition) is 8. The summed E-state index contributed by atoms with van der Waals surface area (Å²) >= 11 is 0. The first-order chi connectivity index (χ1) is 19.0. The third-order valence-electron chi connectivity index (χ3n) is 5.94.